The van der Waals surface area contributed by atoms with Gasteiger partial charge in [-0.1, -0.05) is 18.2 Å². The summed E-state index contributed by atoms with van der Waals surface area (Å²) in [5.74, 6) is 0.113. The van der Waals surface area contributed by atoms with Crippen LogP contribution in [0.2, 0.25) is 0 Å². The Balaban J connectivity index is 1.42. The lowest BCUT2D eigenvalue weighted by Crippen LogP contribution is -2.35. The number of hydrogen-bond acceptors (Lipinski definition) is 4. The van der Waals surface area contributed by atoms with E-state index in [-0.39, 0.29) is 17.5 Å². The van der Waals surface area contributed by atoms with E-state index in [9.17, 15) is 9.59 Å². The van der Waals surface area contributed by atoms with Gasteiger partial charge in [0.1, 0.15) is 0 Å². The lowest BCUT2D eigenvalue weighted by molar-refractivity contribution is 0.0941. The minimum Gasteiger partial charge on any atom is -0.349 e. The molecule has 3 heterocycles. The number of nitrogens with one attached hydrogen (secondary N) is 2. The van der Waals surface area contributed by atoms with Crippen molar-refractivity contribution < 1.29 is 4.79 Å². The minimum atomic E-state index is -0.298. The van der Waals surface area contributed by atoms with Crippen molar-refractivity contribution in [1.82, 2.24) is 29.9 Å². The minimum absolute atomic E-state index is 0.156. The molecule has 1 fully saturated rings. The number of aromatic amines is 1. The fourth-order valence-corrected chi connectivity index (χ4v) is 4.20. The number of rotatable bonds is 6. The average Bonchev–Trinajstić information content (AvgIpc) is 3.50. The summed E-state index contributed by atoms with van der Waals surface area (Å²) in [5, 5.41) is 10.8. The van der Waals surface area contributed by atoms with Crippen molar-refractivity contribution in [2.24, 2.45) is 7.05 Å². The van der Waals surface area contributed by atoms with Crippen molar-refractivity contribution in [3.8, 4) is 5.69 Å². The van der Waals surface area contributed by atoms with Crippen molar-refractivity contribution in [1.29, 1.82) is 0 Å². The molecule has 0 aliphatic heterocycles. The number of pyridine rings is 1. The fourth-order valence-electron chi connectivity index (χ4n) is 4.20. The number of hydrogen-bond donors (Lipinski definition) is 2. The maximum atomic E-state index is 13.3. The third-order valence-electron chi connectivity index (χ3n) is 5.87. The number of para-hydroxylation sites is 1. The van der Waals surface area contributed by atoms with Gasteiger partial charge in [-0.2, -0.15) is 5.10 Å². The first-order valence-corrected chi connectivity index (χ1v) is 10.9. The second kappa shape index (κ2) is 7.78. The van der Waals surface area contributed by atoms with Gasteiger partial charge >= 0.3 is 0 Å². The molecule has 4 aromatic rings. The molecule has 2 N–H and O–H groups in total. The lowest BCUT2D eigenvalue weighted by atomic mass is 10.1. The summed E-state index contributed by atoms with van der Waals surface area (Å²) in [4.78, 5) is 30.4. The molecule has 1 amide bonds. The fraction of sp³-hybridized carbons (Fsp3) is 0.333. The van der Waals surface area contributed by atoms with E-state index in [0.29, 0.717) is 28.9 Å². The van der Waals surface area contributed by atoms with Crippen LogP contribution in [0.5, 0.6) is 0 Å². The Labute approximate surface area is 185 Å². The first-order valence-electron chi connectivity index (χ1n) is 10.9. The van der Waals surface area contributed by atoms with Gasteiger partial charge in [0, 0.05) is 36.8 Å². The molecule has 8 heteroatoms. The summed E-state index contributed by atoms with van der Waals surface area (Å²) in [7, 11) is 1.74. The zero-order chi connectivity index (χ0) is 22.4. The van der Waals surface area contributed by atoms with Crippen LogP contribution >= 0.6 is 0 Å². The Morgan fingerprint density at radius 3 is 2.72 bits per heavy atom. The molecule has 5 rings (SSSR count). The Morgan fingerprint density at radius 1 is 1.25 bits per heavy atom. The summed E-state index contributed by atoms with van der Waals surface area (Å²) < 4.78 is 3.50. The Hall–Kier alpha value is -3.68. The van der Waals surface area contributed by atoms with E-state index in [1.807, 2.05) is 54.9 Å². The van der Waals surface area contributed by atoms with Gasteiger partial charge in [-0.15, -0.1) is 0 Å². The largest absolute Gasteiger partial charge is 0.349 e. The summed E-state index contributed by atoms with van der Waals surface area (Å²) in [6.07, 6.45) is 2.74. The van der Waals surface area contributed by atoms with Crippen molar-refractivity contribution in [2.75, 3.05) is 0 Å². The monoisotopic (exact) mass is 430 g/mol. The molecular formula is C24H26N6O2. The SMILES string of the molecule is Cc1cc(CC(C)NC(=O)c2cc(C3CC3)nc3c2c(=O)[nH]n3C)n(-c2ccccc2)n1. The Kier molecular flexibility index (Phi) is 4.92. The number of fused-ring (bicyclic) bond motifs is 1. The molecule has 0 saturated heterocycles. The number of aryl methyl sites for hydroxylation is 2. The second-order valence-corrected chi connectivity index (χ2v) is 8.67. The number of H-pyrrole nitrogens is 1. The van der Waals surface area contributed by atoms with E-state index < -0.39 is 0 Å². The molecule has 1 atom stereocenters. The maximum absolute atomic E-state index is 13.3. The number of amides is 1. The average molecular weight is 431 g/mol. The molecule has 164 valence electrons. The third kappa shape index (κ3) is 3.72. The van der Waals surface area contributed by atoms with E-state index in [1.165, 1.54) is 0 Å². The highest BCUT2D eigenvalue weighted by Gasteiger charge is 2.29. The number of nitrogens with zero attached hydrogens (tertiary/aromatic N) is 4. The van der Waals surface area contributed by atoms with Crippen molar-refractivity contribution in [2.45, 2.75) is 45.1 Å². The van der Waals surface area contributed by atoms with Crippen LogP contribution in [0.1, 0.15) is 53.1 Å². The van der Waals surface area contributed by atoms with Crippen LogP contribution in [0.25, 0.3) is 16.7 Å². The second-order valence-electron chi connectivity index (χ2n) is 8.67. The predicted molar refractivity (Wildman–Crippen MR) is 122 cm³/mol. The molecule has 1 aliphatic carbocycles. The van der Waals surface area contributed by atoms with Crippen molar-refractivity contribution >= 4 is 16.9 Å². The zero-order valence-corrected chi connectivity index (χ0v) is 18.4. The summed E-state index contributed by atoms with van der Waals surface area (Å²) >= 11 is 0. The highest BCUT2D eigenvalue weighted by atomic mass is 16.2. The van der Waals surface area contributed by atoms with Crippen LogP contribution in [0.15, 0.2) is 47.3 Å². The quantitative estimate of drug-likeness (QED) is 0.491. The predicted octanol–water partition coefficient (Wildman–Crippen LogP) is 2.99. The van der Waals surface area contributed by atoms with Crippen LogP contribution in [0, 0.1) is 6.92 Å². The molecule has 0 bridgehead atoms. The van der Waals surface area contributed by atoms with Gasteiger partial charge in [-0.05, 0) is 51.0 Å². The summed E-state index contributed by atoms with van der Waals surface area (Å²) in [6, 6.07) is 13.6. The molecule has 0 spiro atoms. The van der Waals surface area contributed by atoms with E-state index in [2.05, 4.69) is 20.5 Å². The summed E-state index contributed by atoms with van der Waals surface area (Å²) in [5.41, 5.74) is 4.40. The first kappa shape index (κ1) is 20.2. The third-order valence-corrected chi connectivity index (χ3v) is 5.87. The molecular weight excluding hydrogens is 404 g/mol. The maximum Gasteiger partial charge on any atom is 0.274 e. The van der Waals surface area contributed by atoms with Gasteiger partial charge in [0.2, 0.25) is 0 Å². The lowest BCUT2D eigenvalue weighted by Gasteiger charge is -2.16. The number of benzene rings is 1. The highest BCUT2D eigenvalue weighted by molar-refractivity contribution is 6.05. The van der Waals surface area contributed by atoms with Gasteiger partial charge in [0.15, 0.2) is 5.65 Å². The smallest absolute Gasteiger partial charge is 0.274 e. The molecule has 1 aromatic carbocycles. The Morgan fingerprint density at radius 2 is 2.00 bits per heavy atom. The van der Waals surface area contributed by atoms with Gasteiger partial charge in [-0.3, -0.25) is 19.4 Å². The molecule has 32 heavy (non-hydrogen) atoms. The van der Waals surface area contributed by atoms with Crippen LogP contribution < -0.4 is 10.9 Å². The van der Waals surface area contributed by atoms with Crippen molar-refractivity contribution in [3.63, 3.8) is 0 Å². The zero-order valence-electron chi connectivity index (χ0n) is 18.4. The molecule has 1 aliphatic rings. The molecule has 1 saturated carbocycles. The highest BCUT2D eigenvalue weighted by Crippen LogP contribution is 2.39. The van der Waals surface area contributed by atoms with E-state index in [1.54, 1.807) is 17.8 Å². The molecule has 8 nitrogen and oxygen atoms in total. The van der Waals surface area contributed by atoms with Gasteiger partial charge in [0.05, 0.1) is 22.3 Å². The number of aromatic nitrogens is 5. The van der Waals surface area contributed by atoms with E-state index >= 15 is 0 Å². The van der Waals surface area contributed by atoms with Crippen LogP contribution in [-0.2, 0) is 13.5 Å². The summed E-state index contributed by atoms with van der Waals surface area (Å²) in [6.45, 7) is 3.92. The van der Waals surface area contributed by atoms with Gasteiger partial charge in [-0.25, -0.2) is 9.67 Å². The number of carbonyl (C=O) groups is 1. The standard InChI is InChI=1S/C24H26N6O2/c1-14(11-18-12-15(2)27-30(18)17-7-5-4-6-8-17)25-23(31)19-13-20(16-9-10-16)26-22-21(19)24(32)28-29(22)3/h4-8,12-14,16H,9-11H2,1-3H3,(H,25,31)(H,28,32). The number of carbonyl (C=O) groups excluding carboxylic acids is 1. The van der Waals surface area contributed by atoms with E-state index in [4.69, 9.17) is 0 Å². The first-order chi connectivity index (χ1) is 15.4. The normalized spacial score (nSPS) is 14.6. The van der Waals surface area contributed by atoms with Crippen LogP contribution in [0.4, 0.5) is 0 Å². The Bertz CT molecular complexity index is 1360. The van der Waals surface area contributed by atoms with Crippen LogP contribution in [-0.4, -0.2) is 36.5 Å². The molecule has 0 radical (unpaired) electrons. The van der Waals surface area contributed by atoms with Gasteiger partial charge in [0.25, 0.3) is 11.5 Å². The topological polar surface area (TPSA) is 97.6 Å². The molecule has 3 aromatic heterocycles. The van der Waals surface area contributed by atoms with E-state index in [0.717, 1.165) is 35.6 Å². The van der Waals surface area contributed by atoms with Gasteiger partial charge < -0.3 is 5.32 Å². The van der Waals surface area contributed by atoms with Crippen molar-refractivity contribution in [3.05, 3.63) is 75.5 Å². The molecule has 1 unspecified atom stereocenters. The van der Waals surface area contributed by atoms with Crippen LogP contribution in [0.3, 0.4) is 0 Å².